The molecule has 1 saturated carbocycles. The Bertz CT molecular complexity index is 1100. The third-order valence-corrected chi connectivity index (χ3v) is 5.35. The average molecular weight is 380 g/mol. The number of nitrogens with one attached hydrogen (secondary N) is 1. The highest BCUT2D eigenvalue weighted by molar-refractivity contribution is 7.09. The molecule has 1 amide bonds. The van der Waals surface area contributed by atoms with E-state index >= 15 is 0 Å². The van der Waals surface area contributed by atoms with Gasteiger partial charge in [-0.15, -0.1) is 21.5 Å². The fraction of sp³-hybridized carbons (Fsp3) is 0.278. The lowest BCUT2D eigenvalue weighted by Crippen LogP contribution is -2.25. The summed E-state index contributed by atoms with van der Waals surface area (Å²) in [5.41, 5.74) is 1.32. The van der Waals surface area contributed by atoms with Crippen LogP contribution in [0.25, 0.3) is 17.1 Å². The first-order valence-corrected chi connectivity index (χ1v) is 9.61. The van der Waals surface area contributed by atoms with E-state index in [4.69, 9.17) is 4.52 Å². The second-order valence-electron chi connectivity index (χ2n) is 6.50. The molecular formula is C18H16N6O2S. The number of carbonyl (C=O) groups is 1. The molecule has 0 unspecified atom stereocenters. The molecule has 1 fully saturated rings. The first-order valence-electron chi connectivity index (χ1n) is 8.73. The molecule has 1 N–H and O–H groups in total. The second kappa shape index (κ2) is 6.58. The number of amides is 1. The zero-order valence-corrected chi connectivity index (χ0v) is 15.1. The van der Waals surface area contributed by atoms with Crippen molar-refractivity contribution in [1.29, 1.82) is 0 Å². The van der Waals surface area contributed by atoms with Gasteiger partial charge in [-0.3, -0.25) is 9.20 Å². The average Bonchev–Trinajstić information content (AvgIpc) is 3.10. The summed E-state index contributed by atoms with van der Waals surface area (Å²) < 4.78 is 7.20. The molecule has 9 heteroatoms. The molecule has 27 heavy (non-hydrogen) atoms. The number of fused-ring (bicyclic) bond motifs is 1. The number of nitrogens with zero attached hydrogens (tertiary/aromatic N) is 5. The first kappa shape index (κ1) is 16.1. The van der Waals surface area contributed by atoms with Gasteiger partial charge in [0, 0.05) is 17.0 Å². The van der Waals surface area contributed by atoms with E-state index in [1.807, 2.05) is 35.8 Å². The van der Waals surface area contributed by atoms with Gasteiger partial charge in [0.2, 0.25) is 5.91 Å². The summed E-state index contributed by atoms with van der Waals surface area (Å²) in [4.78, 5) is 17.9. The number of carbonyl (C=O) groups excluding carboxylic acids is 1. The Morgan fingerprint density at radius 1 is 1.30 bits per heavy atom. The fourth-order valence-corrected chi connectivity index (χ4v) is 3.55. The third-order valence-electron chi connectivity index (χ3n) is 4.48. The minimum absolute atomic E-state index is 0.100. The monoisotopic (exact) mass is 380 g/mol. The summed E-state index contributed by atoms with van der Waals surface area (Å²) >= 11 is 1.61. The normalized spacial score (nSPS) is 13.9. The second-order valence-corrected chi connectivity index (χ2v) is 7.53. The van der Waals surface area contributed by atoms with Crippen molar-refractivity contribution in [3.05, 3.63) is 52.4 Å². The first-order chi connectivity index (χ1) is 13.3. The van der Waals surface area contributed by atoms with Gasteiger partial charge in [-0.1, -0.05) is 11.2 Å². The van der Waals surface area contributed by atoms with E-state index in [0.717, 1.165) is 29.1 Å². The number of aromatic nitrogens is 5. The van der Waals surface area contributed by atoms with Gasteiger partial charge >= 0.3 is 0 Å². The van der Waals surface area contributed by atoms with Gasteiger partial charge in [-0.2, -0.15) is 4.98 Å². The van der Waals surface area contributed by atoms with E-state index in [0.29, 0.717) is 29.8 Å². The summed E-state index contributed by atoms with van der Waals surface area (Å²) in [5, 5.41) is 17.4. The van der Waals surface area contributed by atoms with Crippen LogP contribution in [0, 0.1) is 0 Å². The van der Waals surface area contributed by atoms with Gasteiger partial charge in [0.15, 0.2) is 11.5 Å². The van der Waals surface area contributed by atoms with Crippen molar-refractivity contribution in [3.63, 3.8) is 0 Å². The molecule has 0 atom stereocenters. The lowest BCUT2D eigenvalue weighted by atomic mass is 10.2. The molecule has 4 heterocycles. The van der Waals surface area contributed by atoms with Crippen LogP contribution < -0.4 is 5.32 Å². The molecule has 0 bridgehead atoms. The Morgan fingerprint density at radius 2 is 2.22 bits per heavy atom. The molecule has 0 radical (unpaired) electrons. The number of thiophene rings is 1. The topological polar surface area (TPSA) is 98.2 Å². The van der Waals surface area contributed by atoms with Crippen molar-refractivity contribution >= 4 is 22.9 Å². The predicted molar refractivity (Wildman–Crippen MR) is 98.1 cm³/mol. The van der Waals surface area contributed by atoms with E-state index < -0.39 is 0 Å². The van der Waals surface area contributed by atoms with Crippen LogP contribution >= 0.6 is 11.3 Å². The molecule has 4 aromatic heterocycles. The van der Waals surface area contributed by atoms with Crippen LogP contribution in [-0.4, -0.2) is 30.6 Å². The molecule has 5 rings (SSSR count). The quantitative estimate of drug-likeness (QED) is 0.552. The SMILES string of the molecule is O=C(Cc1nnc2c(-c3nc(C4CC4)no3)cccn12)NCc1cccs1. The van der Waals surface area contributed by atoms with E-state index in [-0.39, 0.29) is 12.3 Å². The molecule has 1 aliphatic carbocycles. The molecule has 8 nitrogen and oxygen atoms in total. The Kier molecular flexibility index (Phi) is 3.93. The Labute approximate surface area is 158 Å². The Balaban J connectivity index is 1.37. The maximum atomic E-state index is 12.3. The van der Waals surface area contributed by atoms with Gasteiger partial charge in [0.05, 0.1) is 18.5 Å². The smallest absolute Gasteiger partial charge is 0.261 e. The van der Waals surface area contributed by atoms with E-state index in [2.05, 4.69) is 25.7 Å². The van der Waals surface area contributed by atoms with Crippen LogP contribution in [0.1, 0.15) is 35.3 Å². The predicted octanol–water partition coefficient (Wildman–Crippen LogP) is 2.58. The molecule has 0 spiro atoms. The van der Waals surface area contributed by atoms with Crippen molar-refractivity contribution in [3.8, 4) is 11.5 Å². The van der Waals surface area contributed by atoms with Crippen LogP contribution in [0.5, 0.6) is 0 Å². The Hall–Kier alpha value is -3.07. The van der Waals surface area contributed by atoms with E-state index in [1.54, 1.807) is 15.7 Å². The van der Waals surface area contributed by atoms with Crippen LogP contribution in [0.2, 0.25) is 0 Å². The summed E-state index contributed by atoms with van der Waals surface area (Å²) in [6.45, 7) is 0.518. The number of rotatable bonds is 6. The maximum absolute atomic E-state index is 12.3. The standard InChI is InChI=1S/C18H16N6O2S/c25-15(19-10-12-3-2-8-27-12)9-14-21-22-17-13(4-1-7-24(14)17)18-20-16(23-26-18)11-5-6-11/h1-4,7-8,11H,5-6,9-10H2,(H,19,25). The third kappa shape index (κ3) is 3.21. The minimum Gasteiger partial charge on any atom is -0.351 e. The largest absolute Gasteiger partial charge is 0.351 e. The molecule has 0 aliphatic heterocycles. The van der Waals surface area contributed by atoms with Gasteiger partial charge in [0.25, 0.3) is 5.89 Å². The molecule has 0 saturated heterocycles. The van der Waals surface area contributed by atoms with Crippen molar-refractivity contribution in [1.82, 2.24) is 30.1 Å². The van der Waals surface area contributed by atoms with Crippen LogP contribution in [0.3, 0.4) is 0 Å². The van der Waals surface area contributed by atoms with Gasteiger partial charge < -0.3 is 9.84 Å². The number of hydrogen-bond donors (Lipinski definition) is 1. The highest BCUT2D eigenvalue weighted by Crippen LogP contribution is 2.39. The zero-order chi connectivity index (χ0) is 18.2. The molecule has 1 aliphatic rings. The summed E-state index contributed by atoms with van der Waals surface area (Å²) in [6, 6.07) is 7.68. The van der Waals surface area contributed by atoms with E-state index in [9.17, 15) is 4.79 Å². The lowest BCUT2D eigenvalue weighted by Gasteiger charge is -2.03. The molecular weight excluding hydrogens is 364 g/mol. The fourth-order valence-electron chi connectivity index (χ4n) is 2.91. The van der Waals surface area contributed by atoms with Crippen LogP contribution in [0.15, 0.2) is 40.4 Å². The van der Waals surface area contributed by atoms with Crippen LogP contribution in [-0.2, 0) is 17.8 Å². The number of pyridine rings is 1. The van der Waals surface area contributed by atoms with Gasteiger partial charge in [-0.05, 0) is 36.4 Å². The van der Waals surface area contributed by atoms with E-state index in [1.165, 1.54) is 0 Å². The summed E-state index contributed by atoms with van der Waals surface area (Å²) in [6.07, 6.45) is 4.20. The van der Waals surface area contributed by atoms with Gasteiger partial charge in [0.1, 0.15) is 5.82 Å². The van der Waals surface area contributed by atoms with Crippen molar-refractivity contribution in [2.75, 3.05) is 0 Å². The maximum Gasteiger partial charge on any atom is 0.261 e. The van der Waals surface area contributed by atoms with Crippen molar-refractivity contribution < 1.29 is 9.32 Å². The highest BCUT2D eigenvalue weighted by Gasteiger charge is 2.29. The highest BCUT2D eigenvalue weighted by atomic mass is 32.1. The Morgan fingerprint density at radius 3 is 3.04 bits per heavy atom. The summed E-state index contributed by atoms with van der Waals surface area (Å²) in [7, 11) is 0. The van der Waals surface area contributed by atoms with Gasteiger partial charge in [-0.25, -0.2) is 0 Å². The summed E-state index contributed by atoms with van der Waals surface area (Å²) in [5.74, 6) is 2.07. The molecule has 4 aromatic rings. The van der Waals surface area contributed by atoms with Crippen LogP contribution in [0.4, 0.5) is 0 Å². The van der Waals surface area contributed by atoms with Crippen molar-refractivity contribution in [2.45, 2.75) is 31.7 Å². The minimum atomic E-state index is -0.100. The van der Waals surface area contributed by atoms with Crippen molar-refractivity contribution in [2.24, 2.45) is 0 Å². The molecule has 0 aromatic carbocycles. The lowest BCUT2D eigenvalue weighted by molar-refractivity contribution is -0.120. The molecule has 136 valence electrons. The zero-order valence-electron chi connectivity index (χ0n) is 14.3. The number of hydrogen-bond acceptors (Lipinski definition) is 7.